The number of carboxylic acid groups (broad SMARTS) is 1. The Hall–Kier alpha value is -11.8. The number of aromatic hydroxyl groups is 1. The number of para-hydroxylation sites is 2. The molecule has 16 atom stereocenters. The topological polar surface area (TPSA) is 594 Å². The molecular weight excluding hydrogens is 1660 g/mol. The number of aliphatic carboxylic acids is 1. The van der Waals surface area contributed by atoms with E-state index in [4.69, 9.17) is 11.5 Å². The van der Waals surface area contributed by atoms with Crippen molar-refractivity contribution in [2.45, 2.75) is 228 Å². The van der Waals surface area contributed by atoms with Crippen LogP contribution in [-0.4, -0.2) is 316 Å². The van der Waals surface area contributed by atoms with E-state index in [1.54, 1.807) is 81.7 Å². The monoisotopic (exact) mass is 1770 g/mol. The van der Waals surface area contributed by atoms with Gasteiger partial charge in [0.25, 0.3) is 0 Å². The van der Waals surface area contributed by atoms with Crippen LogP contribution < -0.4 is 64.6 Å². The van der Waals surface area contributed by atoms with Crippen molar-refractivity contribution < 1.29 is 102 Å². The van der Waals surface area contributed by atoms with Gasteiger partial charge in [0, 0.05) is 106 Å². The number of likely N-dealkylation sites (N-methyl/N-ethyl adjacent to an activating group) is 2. The Labute approximate surface area is 732 Å². The van der Waals surface area contributed by atoms with E-state index >= 15 is 28.8 Å². The van der Waals surface area contributed by atoms with Crippen molar-refractivity contribution in [3.63, 3.8) is 0 Å². The number of hydrogen-bond donors (Lipinski definition) is 19. The Morgan fingerprint density at radius 2 is 1.12 bits per heavy atom. The molecule has 4 aliphatic rings. The van der Waals surface area contributed by atoms with Gasteiger partial charge in [-0.05, 0) is 98.7 Å². The molecule has 0 aliphatic carbocycles. The summed E-state index contributed by atoms with van der Waals surface area (Å²) in [5, 5.41) is 82.4. The normalized spacial score (nSPS) is 26.8. The summed E-state index contributed by atoms with van der Waals surface area (Å²) in [6, 6.07) is -1.27. The number of phenolic OH excluding ortho intramolecular Hbond substituents is 1. The first kappa shape index (κ1) is 98.0. The maximum Gasteiger partial charge on any atom is 0.305 e. The van der Waals surface area contributed by atoms with Crippen LogP contribution in [0.25, 0.3) is 21.8 Å². The molecule has 0 spiro atoms. The summed E-state index contributed by atoms with van der Waals surface area (Å²) < 4.78 is 0. The zero-order valence-electron chi connectivity index (χ0n) is 71.7. The fourth-order valence-corrected chi connectivity index (χ4v) is 17.2. The van der Waals surface area contributed by atoms with Crippen LogP contribution in [0.15, 0.2) is 85.2 Å². The van der Waals surface area contributed by atoms with Gasteiger partial charge in [0.05, 0.1) is 43.5 Å². The Bertz CT molecular complexity index is 4740. The zero-order chi connectivity index (χ0) is 91.9. The van der Waals surface area contributed by atoms with E-state index in [0.717, 1.165) is 36.3 Å². The molecule has 126 heavy (non-hydrogen) atoms. The fourth-order valence-electron chi connectivity index (χ4n) is 16.4. The molecule has 6 heterocycles. The van der Waals surface area contributed by atoms with E-state index in [0.29, 0.717) is 57.8 Å². The Morgan fingerprint density at radius 1 is 0.579 bits per heavy atom. The number of fused-ring (bicyclic) bond motifs is 5. The summed E-state index contributed by atoms with van der Waals surface area (Å²) in [5.41, 5.74) is 14.4. The van der Waals surface area contributed by atoms with Crippen LogP contribution >= 0.6 is 11.8 Å². The molecule has 4 aliphatic heterocycles. The molecule has 21 N–H and O–H groups in total. The predicted molar refractivity (Wildman–Crippen MR) is 460 cm³/mol. The SMILES string of the molecule is CCCCC1C(=O)N(C)C(CCC)C(=O)NC(C)C(=O)NC(C(=O)NCC(N)=O)CSCC(=O)NC(Cc2ccc(O)cc2)C(=O)N2CCCC2C(=O)NC(CC(=O)O)C(=O)N2CCCC2C(=O)NC(CN)C(O)NC(CC(C)C)C(=O)N2CC(O)CC2C(=O)NC(Cc2c[nH]c3ccccc23)C(=O)NC(CO)C(=O)NC(Cc2c[nH]c3ccccc23)C(=O)N1C. The summed E-state index contributed by atoms with van der Waals surface area (Å²) in [4.78, 5) is 243. The van der Waals surface area contributed by atoms with Crippen LogP contribution in [0.5, 0.6) is 5.75 Å². The van der Waals surface area contributed by atoms with Crippen molar-refractivity contribution in [1.82, 2.24) is 87.6 Å². The molecule has 15 amide bonds. The van der Waals surface area contributed by atoms with Gasteiger partial charge in [-0.1, -0.05) is 95.5 Å². The lowest BCUT2D eigenvalue weighted by molar-refractivity contribution is -0.149. The highest BCUT2D eigenvalue weighted by molar-refractivity contribution is 8.00. The lowest BCUT2D eigenvalue weighted by Crippen LogP contribution is -2.63. The number of benzene rings is 3. The minimum atomic E-state index is -1.86. The minimum Gasteiger partial charge on any atom is -0.508 e. The average Bonchev–Trinajstić information content (AvgIpc) is 1.55. The van der Waals surface area contributed by atoms with Gasteiger partial charge in [0.15, 0.2) is 0 Å². The highest BCUT2D eigenvalue weighted by Crippen LogP contribution is 2.29. The van der Waals surface area contributed by atoms with Gasteiger partial charge in [-0.2, -0.15) is 0 Å². The summed E-state index contributed by atoms with van der Waals surface area (Å²) in [7, 11) is 2.69. The number of unbranched alkanes of at least 4 members (excludes halogenated alkanes) is 1. The Kier molecular flexibility index (Phi) is 35.7. The number of nitrogens with two attached hydrogens (primary N) is 2. The van der Waals surface area contributed by atoms with Gasteiger partial charge < -0.3 is 119 Å². The number of carbonyl (C=O) groups is 16. The largest absolute Gasteiger partial charge is 0.508 e. The van der Waals surface area contributed by atoms with Crippen LogP contribution in [-0.2, 0) is 96.0 Å². The molecule has 4 fully saturated rings. The van der Waals surface area contributed by atoms with E-state index in [-0.39, 0.29) is 95.4 Å². The maximum atomic E-state index is 15.5. The van der Waals surface area contributed by atoms with Crippen molar-refractivity contribution in [3.8, 4) is 5.75 Å². The zero-order valence-corrected chi connectivity index (χ0v) is 72.5. The van der Waals surface area contributed by atoms with Gasteiger partial charge in [-0.25, -0.2) is 0 Å². The Morgan fingerprint density at radius 3 is 1.70 bits per heavy atom. The molecule has 16 unspecified atom stereocenters. The molecule has 0 radical (unpaired) electrons. The van der Waals surface area contributed by atoms with E-state index in [1.807, 2.05) is 6.92 Å². The van der Waals surface area contributed by atoms with Crippen LogP contribution in [0.2, 0.25) is 0 Å². The van der Waals surface area contributed by atoms with Gasteiger partial charge in [0.2, 0.25) is 88.6 Å². The number of aromatic amines is 2. The molecule has 686 valence electrons. The Balaban J connectivity index is 1.06. The second kappa shape index (κ2) is 45.9. The molecule has 41 heteroatoms. The number of aliphatic hydroxyl groups excluding tert-OH is 3. The van der Waals surface area contributed by atoms with Crippen molar-refractivity contribution in [1.29, 1.82) is 0 Å². The summed E-state index contributed by atoms with van der Waals surface area (Å²) >= 11 is 0.791. The first-order chi connectivity index (χ1) is 60.0. The lowest BCUT2D eigenvalue weighted by atomic mass is 10.00. The number of aliphatic hydroxyl groups is 3. The molecule has 0 bridgehead atoms. The van der Waals surface area contributed by atoms with Gasteiger partial charge in [0.1, 0.15) is 84.5 Å². The molecule has 40 nitrogen and oxygen atoms in total. The van der Waals surface area contributed by atoms with Crippen molar-refractivity contribution >= 4 is 128 Å². The number of carbonyl (C=O) groups excluding carboxylic acids is 15. The average molecular weight is 1780 g/mol. The van der Waals surface area contributed by atoms with Crippen LogP contribution in [0.1, 0.15) is 128 Å². The summed E-state index contributed by atoms with van der Waals surface area (Å²) in [5.74, 6) is -16.5. The number of carboxylic acids is 1. The first-order valence-electron chi connectivity index (χ1n) is 42.6. The lowest BCUT2D eigenvalue weighted by Gasteiger charge is -2.36. The van der Waals surface area contributed by atoms with Crippen LogP contribution in [0.4, 0.5) is 0 Å². The number of rotatable bonds is 20. The van der Waals surface area contributed by atoms with Crippen LogP contribution in [0.3, 0.4) is 0 Å². The first-order valence-corrected chi connectivity index (χ1v) is 43.7. The number of thioether (sulfide) groups is 1. The third-order valence-corrected chi connectivity index (χ3v) is 24.1. The van der Waals surface area contributed by atoms with Crippen molar-refractivity contribution in [3.05, 3.63) is 102 Å². The predicted octanol–water partition coefficient (Wildman–Crippen LogP) is -3.03. The fraction of sp³-hybridized carbons (Fsp3) is 0.553. The number of primary amides is 1. The molecule has 2 aromatic heterocycles. The molecule has 0 saturated carbocycles. The molecular formula is C85H119N19O21S. The van der Waals surface area contributed by atoms with E-state index in [9.17, 15) is 73.5 Å². The standard InChI is InChI=1S/C85H119N19O21S/c1-8-10-22-67-85(125)100(6)64(17-9-2)77(117)91-46(5)72(112)99-63(73(113)90-40-69(87)108)43-126-44-70(109)92-58(32-47-25-27-50(106)28-26-47)82(122)102-29-15-23-65(102)78(118)96-60(36-71(110)111)83(123)103-30-16-24-66(103)79(119)97-61(37-86)75(115)94-57(31-45(3)4)84(124)104-41-51(107)35-68(104)80(120)93-56(33-48-38-88-54-20-13-11-18-52(48)54)74(114)98-62(42-105)76(116)95-59(81(121)101(67)7)34-49-39-89-55-21-14-12-19-53(49)55/h11-14,18-21,25-28,38-39,45-46,51,56-68,75,88-89,94,105-107,115H,8-10,15-17,22-24,29-37,40-44,86H2,1-7H3,(H2,87,108)(H,90,113)(H,91,117)(H,92,109)(H,93,120)(H,95,116)(H,96,118)(H,97,119)(H,98,114)(H,99,112)(H,110,111). The third kappa shape index (κ3) is 25.7. The van der Waals surface area contributed by atoms with Crippen molar-refractivity contribution in [2.24, 2.45) is 17.4 Å². The quantitative estimate of drug-likeness (QED) is 0.0368. The number of hydrogen-bond acceptors (Lipinski definition) is 23. The second-order valence-corrected chi connectivity index (χ2v) is 33.9. The van der Waals surface area contributed by atoms with Crippen molar-refractivity contribution in [2.75, 3.05) is 64.9 Å². The van der Waals surface area contributed by atoms with Gasteiger partial charge >= 0.3 is 5.97 Å². The molecule has 9 rings (SSSR count). The number of amides is 15. The number of H-pyrrole nitrogens is 2. The molecule has 5 aromatic rings. The number of aromatic nitrogens is 2. The smallest absolute Gasteiger partial charge is 0.305 e. The maximum absolute atomic E-state index is 15.5. The third-order valence-electron chi connectivity index (χ3n) is 23.1. The summed E-state index contributed by atoms with van der Waals surface area (Å²) in [6.07, 6.45) is -0.495. The summed E-state index contributed by atoms with van der Waals surface area (Å²) in [6.45, 7) is 5.52. The highest BCUT2D eigenvalue weighted by atomic mass is 32.2. The minimum absolute atomic E-state index is 0.000173. The molecule has 4 saturated heterocycles. The molecule has 3 aromatic carbocycles. The van der Waals surface area contributed by atoms with Crippen LogP contribution in [0, 0.1) is 5.92 Å². The van der Waals surface area contributed by atoms with E-state index in [2.05, 4.69) is 63.1 Å². The van der Waals surface area contributed by atoms with E-state index in [1.165, 1.54) is 45.3 Å². The highest BCUT2D eigenvalue weighted by Gasteiger charge is 2.47. The number of nitrogens with one attached hydrogen (secondary N) is 12. The second-order valence-electron chi connectivity index (χ2n) is 32.9. The van der Waals surface area contributed by atoms with Gasteiger partial charge in [-0.15, -0.1) is 11.8 Å². The number of nitrogens with zero attached hydrogens (tertiary/aromatic N) is 5. The van der Waals surface area contributed by atoms with E-state index < -0.39 is 236 Å². The van der Waals surface area contributed by atoms with Gasteiger partial charge in [-0.3, -0.25) is 82.0 Å². The number of phenols is 1.